The van der Waals surface area contributed by atoms with E-state index in [1.807, 2.05) is 11.6 Å². The molecule has 1 aromatic carbocycles. The van der Waals surface area contributed by atoms with Crippen LogP contribution in [0.25, 0.3) is 0 Å². The number of aromatic nitrogens is 3. The number of hydrogen-bond acceptors (Lipinski definition) is 4. The van der Waals surface area contributed by atoms with Gasteiger partial charge in [0.05, 0.1) is 13.1 Å². The maximum atomic E-state index is 13.4. The number of nitrogens with one attached hydrogen (secondary N) is 2. The van der Waals surface area contributed by atoms with Crippen LogP contribution in [0.4, 0.5) is 4.39 Å². The van der Waals surface area contributed by atoms with Gasteiger partial charge in [0.25, 0.3) is 11.8 Å². The second-order valence-corrected chi connectivity index (χ2v) is 9.07. The summed E-state index contributed by atoms with van der Waals surface area (Å²) in [5, 5.41) is 7.71. The third-order valence-corrected chi connectivity index (χ3v) is 6.49. The minimum absolute atomic E-state index is 0.0284. The lowest BCUT2D eigenvalue weighted by molar-refractivity contribution is 0.0710. The number of halogens is 1. The fourth-order valence-corrected chi connectivity index (χ4v) is 4.78. The number of aromatic amines is 1. The van der Waals surface area contributed by atoms with Gasteiger partial charge in [-0.05, 0) is 42.7 Å². The Morgan fingerprint density at radius 2 is 2.00 bits per heavy atom. The van der Waals surface area contributed by atoms with E-state index in [1.165, 1.54) is 12.1 Å². The van der Waals surface area contributed by atoms with Crippen LogP contribution in [0.3, 0.4) is 0 Å². The van der Waals surface area contributed by atoms with Crippen LogP contribution >= 0.6 is 0 Å². The molecule has 1 aliphatic heterocycles. The third kappa shape index (κ3) is 4.16. The van der Waals surface area contributed by atoms with Crippen LogP contribution in [0.2, 0.25) is 0 Å². The highest BCUT2D eigenvalue weighted by molar-refractivity contribution is 5.95. The monoisotopic (exact) mass is 450 g/mol. The van der Waals surface area contributed by atoms with Crippen LogP contribution in [0.5, 0.6) is 0 Å². The summed E-state index contributed by atoms with van der Waals surface area (Å²) in [4.78, 5) is 30.9. The number of hydrogen-bond donors (Lipinski definition) is 3. The van der Waals surface area contributed by atoms with E-state index in [0.717, 1.165) is 29.7 Å². The van der Waals surface area contributed by atoms with Gasteiger partial charge in [0.15, 0.2) is 5.69 Å². The maximum Gasteiger partial charge on any atom is 0.272 e. The first-order chi connectivity index (χ1) is 15.9. The van der Waals surface area contributed by atoms with E-state index in [0.29, 0.717) is 31.0 Å². The first-order valence-electron chi connectivity index (χ1n) is 11.2. The summed E-state index contributed by atoms with van der Waals surface area (Å²) < 4.78 is 15.2. The number of rotatable bonds is 5. The van der Waals surface area contributed by atoms with Crippen molar-refractivity contribution >= 4 is 11.8 Å². The molecular weight excluding hydrogens is 423 g/mol. The van der Waals surface area contributed by atoms with Crippen LogP contribution in [-0.2, 0) is 13.1 Å². The molecule has 0 saturated heterocycles. The second kappa shape index (κ2) is 8.47. The SMILES string of the molecule is CC1CN(C(=O)c2ccc[nH]2)Cc2c(C(=O)NC3CC(N)C3)nn(Cc3ccc(F)cc3)c21. The molecule has 1 atom stereocenters. The standard InChI is InChI=1S/C24H27FN6O2/c1-14-11-30(24(33)20-3-2-8-27-20)13-19-21(23(32)28-18-9-17(26)10-18)29-31(22(14)19)12-15-4-6-16(25)7-5-15/h2-8,14,17-18,27H,9-13,26H2,1H3,(H,28,32). The normalized spacial score (nSPS) is 21.9. The highest BCUT2D eigenvalue weighted by Gasteiger charge is 2.36. The van der Waals surface area contributed by atoms with Gasteiger partial charge in [0.1, 0.15) is 11.5 Å². The summed E-state index contributed by atoms with van der Waals surface area (Å²) in [6.07, 6.45) is 3.21. The molecule has 2 aliphatic rings. The van der Waals surface area contributed by atoms with Gasteiger partial charge in [-0.25, -0.2) is 4.39 Å². The molecule has 172 valence electrons. The molecular formula is C24H27FN6O2. The topological polar surface area (TPSA) is 109 Å². The Labute approximate surface area is 191 Å². The molecule has 0 spiro atoms. The lowest BCUT2D eigenvalue weighted by Gasteiger charge is -2.33. The zero-order valence-electron chi connectivity index (χ0n) is 18.4. The fourth-order valence-electron chi connectivity index (χ4n) is 4.78. The second-order valence-electron chi connectivity index (χ2n) is 9.07. The van der Waals surface area contributed by atoms with Gasteiger partial charge in [-0.2, -0.15) is 5.10 Å². The molecule has 8 nitrogen and oxygen atoms in total. The first kappa shape index (κ1) is 21.4. The average molecular weight is 451 g/mol. The number of benzene rings is 1. The number of H-pyrrole nitrogens is 1. The van der Waals surface area contributed by atoms with Gasteiger partial charge in [0, 0.05) is 42.0 Å². The number of nitrogens with two attached hydrogens (primary N) is 1. The van der Waals surface area contributed by atoms with Crippen LogP contribution in [0, 0.1) is 5.82 Å². The molecule has 0 radical (unpaired) electrons. The zero-order valence-corrected chi connectivity index (χ0v) is 18.4. The molecule has 2 aromatic heterocycles. The predicted octanol–water partition coefficient (Wildman–Crippen LogP) is 2.38. The van der Waals surface area contributed by atoms with Crippen molar-refractivity contribution in [1.82, 2.24) is 25.0 Å². The van der Waals surface area contributed by atoms with Crippen molar-refractivity contribution < 1.29 is 14.0 Å². The Bertz CT molecular complexity index is 1160. The van der Waals surface area contributed by atoms with Crippen LogP contribution < -0.4 is 11.1 Å². The van der Waals surface area contributed by atoms with E-state index in [1.54, 1.807) is 35.4 Å². The van der Waals surface area contributed by atoms with Crippen LogP contribution in [0.15, 0.2) is 42.6 Å². The van der Waals surface area contributed by atoms with Crippen molar-refractivity contribution in [1.29, 1.82) is 0 Å². The van der Waals surface area contributed by atoms with Crippen molar-refractivity contribution in [3.8, 4) is 0 Å². The van der Waals surface area contributed by atoms with E-state index in [9.17, 15) is 14.0 Å². The molecule has 5 rings (SSSR count). The number of carbonyl (C=O) groups is 2. The predicted molar refractivity (Wildman–Crippen MR) is 120 cm³/mol. The van der Waals surface area contributed by atoms with Gasteiger partial charge in [-0.15, -0.1) is 0 Å². The van der Waals surface area contributed by atoms with E-state index in [2.05, 4.69) is 15.4 Å². The van der Waals surface area contributed by atoms with Gasteiger partial charge in [-0.1, -0.05) is 19.1 Å². The van der Waals surface area contributed by atoms with Gasteiger partial charge < -0.3 is 20.9 Å². The van der Waals surface area contributed by atoms with Crippen LogP contribution in [0.1, 0.15) is 63.5 Å². The maximum absolute atomic E-state index is 13.4. The number of amides is 2. The largest absolute Gasteiger partial charge is 0.357 e. The lowest BCUT2D eigenvalue weighted by atomic mass is 9.87. The minimum atomic E-state index is -0.299. The summed E-state index contributed by atoms with van der Waals surface area (Å²) in [5.41, 5.74) is 9.30. The lowest BCUT2D eigenvalue weighted by Crippen LogP contribution is -2.50. The van der Waals surface area contributed by atoms with Crippen molar-refractivity contribution in [2.24, 2.45) is 5.73 Å². The number of carbonyl (C=O) groups excluding carboxylic acids is 2. The van der Waals surface area contributed by atoms with Crippen molar-refractivity contribution in [2.45, 2.75) is 50.9 Å². The third-order valence-electron chi connectivity index (χ3n) is 6.49. The van der Waals surface area contributed by atoms with E-state index in [-0.39, 0.29) is 35.6 Å². The summed E-state index contributed by atoms with van der Waals surface area (Å²) in [6.45, 7) is 3.26. The molecule has 3 heterocycles. The molecule has 33 heavy (non-hydrogen) atoms. The zero-order chi connectivity index (χ0) is 23.1. The van der Waals surface area contributed by atoms with Crippen LogP contribution in [-0.4, -0.2) is 50.1 Å². The van der Waals surface area contributed by atoms with Crippen molar-refractivity contribution in [2.75, 3.05) is 6.54 Å². The molecule has 2 amide bonds. The quantitative estimate of drug-likeness (QED) is 0.554. The summed E-state index contributed by atoms with van der Waals surface area (Å²) in [7, 11) is 0. The molecule has 1 fully saturated rings. The smallest absolute Gasteiger partial charge is 0.272 e. The van der Waals surface area contributed by atoms with Crippen molar-refractivity contribution in [3.63, 3.8) is 0 Å². The highest BCUT2D eigenvalue weighted by Crippen LogP contribution is 2.32. The molecule has 0 bridgehead atoms. The minimum Gasteiger partial charge on any atom is -0.357 e. The Hall–Kier alpha value is -3.46. The molecule has 1 saturated carbocycles. The Balaban J connectivity index is 1.48. The Morgan fingerprint density at radius 3 is 2.67 bits per heavy atom. The summed E-state index contributed by atoms with van der Waals surface area (Å²) in [5.74, 6) is -0.686. The van der Waals surface area contributed by atoms with Crippen molar-refractivity contribution in [3.05, 3.63) is 76.6 Å². The highest BCUT2D eigenvalue weighted by atomic mass is 19.1. The van der Waals surface area contributed by atoms with E-state index in [4.69, 9.17) is 5.73 Å². The molecule has 1 unspecified atom stereocenters. The fraction of sp³-hybridized carbons (Fsp3) is 0.375. The van der Waals surface area contributed by atoms with Gasteiger partial charge >= 0.3 is 0 Å². The molecule has 9 heteroatoms. The van der Waals surface area contributed by atoms with Gasteiger partial charge in [-0.3, -0.25) is 14.3 Å². The molecule has 4 N–H and O–H groups in total. The summed E-state index contributed by atoms with van der Waals surface area (Å²) >= 11 is 0. The summed E-state index contributed by atoms with van der Waals surface area (Å²) in [6, 6.07) is 9.96. The van der Waals surface area contributed by atoms with E-state index >= 15 is 0 Å². The Morgan fingerprint density at radius 1 is 1.24 bits per heavy atom. The average Bonchev–Trinajstić information content (AvgIpc) is 3.42. The van der Waals surface area contributed by atoms with Gasteiger partial charge in [0.2, 0.25) is 0 Å². The van der Waals surface area contributed by atoms with E-state index < -0.39 is 0 Å². The number of nitrogens with zero attached hydrogens (tertiary/aromatic N) is 3. The first-order valence-corrected chi connectivity index (χ1v) is 11.2. The molecule has 3 aromatic rings. The number of fused-ring (bicyclic) bond motifs is 1. The molecule has 1 aliphatic carbocycles. The Kier molecular flexibility index (Phi) is 5.49.